The van der Waals surface area contributed by atoms with E-state index in [1.54, 1.807) is 6.92 Å². The van der Waals surface area contributed by atoms with Crippen LogP contribution >= 0.6 is 0 Å². The summed E-state index contributed by atoms with van der Waals surface area (Å²) in [5.41, 5.74) is 1.56. The highest BCUT2D eigenvalue weighted by Gasteiger charge is 2.18. The molecule has 0 rings (SSSR count). The van der Waals surface area contributed by atoms with E-state index in [0.29, 0.717) is 6.42 Å². The fourth-order valence-corrected chi connectivity index (χ4v) is 1.92. The predicted octanol–water partition coefficient (Wildman–Crippen LogP) is 4.37. The summed E-state index contributed by atoms with van der Waals surface area (Å²) in [7, 11) is 0. The number of Topliss-reactive ketones (excluding diaryl/α,β-unsaturated/α-hetero) is 1. The zero-order valence-electron chi connectivity index (χ0n) is 11.2. The highest BCUT2D eigenvalue weighted by Crippen LogP contribution is 2.27. The van der Waals surface area contributed by atoms with Gasteiger partial charge in [0.2, 0.25) is 0 Å². The van der Waals surface area contributed by atoms with Crippen molar-refractivity contribution in [3.8, 4) is 0 Å². The van der Waals surface area contributed by atoms with Gasteiger partial charge in [-0.25, -0.2) is 0 Å². The lowest BCUT2D eigenvalue weighted by atomic mass is 9.83. The van der Waals surface area contributed by atoms with E-state index < -0.39 is 0 Å². The Kier molecular flexibility index (Phi) is 5.85. The molecule has 0 spiro atoms. The van der Waals surface area contributed by atoms with Gasteiger partial charge in [0.15, 0.2) is 0 Å². The fraction of sp³-hybridized carbons (Fsp3) is 0.786. The molecule has 0 heterocycles. The molecule has 0 unspecified atom stereocenters. The Labute approximate surface area is 95.0 Å². The predicted molar refractivity (Wildman–Crippen MR) is 66.9 cm³/mol. The van der Waals surface area contributed by atoms with Gasteiger partial charge in [-0.2, -0.15) is 0 Å². The van der Waals surface area contributed by atoms with Crippen LogP contribution in [-0.4, -0.2) is 5.78 Å². The normalized spacial score (nSPS) is 13.4. The molecule has 15 heavy (non-hydrogen) atoms. The van der Waals surface area contributed by atoms with E-state index in [1.165, 1.54) is 5.57 Å². The summed E-state index contributed by atoms with van der Waals surface area (Å²) in [5, 5.41) is 0. The lowest BCUT2D eigenvalue weighted by Crippen LogP contribution is -2.14. The highest BCUT2D eigenvalue weighted by molar-refractivity contribution is 5.76. The van der Waals surface area contributed by atoms with Gasteiger partial charge >= 0.3 is 0 Å². The van der Waals surface area contributed by atoms with E-state index in [4.69, 9.17) is 0 Å². The van der Waals surface area contributed by atoms with Crippen molar-refractivity contribution in [3.05, 3.63) is 11.6 Å². The van der Waals surface area contributed by atoms with Gasteiger partial charge in [-0.15, -0.1) is 0 Å². The van der Waals surface area contributed by atoms with E-state index in [-0.39, 0.29) is 11.2 Å². The van der Waals surface area contributed by atoms with E-state index in [9.17, 15) is 4.79 Å². The van der Waals surface area contributed by atoms with Gasteiger partial charge in [0, 0.05) is 6.42 Å². The Morgan fingerprint density at radius 2 is 1.80 bits per heavy atom. The summed E-state index contributed by atoms with van der Waals surface area (Å²) in [5.74, 6) is 1.01. The monoisotopic (exact) mass is 210 g/mol. The first-order valence-corrected chi connectivity index (χ1v) is 5.88. The van der Waals surface area contributed by atoms with Gasteiger partial charge in [-0.1, -0.05) is 39.3 Å². The quantitative estimate of drug-likeness (QED) is 0.595. The molecule has 0 aliphatic heterocycles. The summed E-state index contributed by atoms with van der Waals surface area (Å²) < 4.78 is 0. The van der Waals surface area contributed by atoms with Gasteiger partial charge in [0.1, 0.15) is 5.78 Å². The molecule has 0 radical (unpaired) electrons. The van der Waals surface area contributed by atoms with Crippen LogP contribution in [0.25, 0.3) is 0 Å². The van der Waals surface area contributed by atoms with Crippen molar-refractivity contribution in [2.24, 2.45) is 11.3 Å². The Morgan fingerprint density at radius 3 is 2.20 bits per heavy atom. The number of hydrogen-bond acceptors (Lipinski definition) is 1. The smallest absolute Gasteiger partial charge is 0.130 e. The number of carbonyl (C=O) groups is 1. The topological polar surface area (TPSA) is 17.1 Å². The maximum atomic E-state index is 11.1. The van der Waals surface area contributed by atoms with Crippen LogP contribution in [0.1, 0.15) is 60.8 Å². The summed E-state index contributed by atoms with van der Waals surface area (Å²) in [6, 6.07) is 0. The number of carbonyl (C=O) groups excluding carboxylic acids is 1. The van der Waals surface area contributed by atoms with Crippen LogP contribution in [0.4, 0.5) is 0 Å². The molecule has 0 aliphatic rings. The molecule has 1 heteroatoms. The first-order valence-electron chi connectivity index (χ1n) is 5.88. The SMILES string of the molecule is CC(=O)CC(C)(C)C/C=C(\C)CC(C)C. The van der Waals surface area contributed by atoms with Crippen molar-refractivity contribution in [2.45, 2.75) is 60.8 Å². The lowest BCUT2D eigenvalue weighted by molar-refractivity contribution is -0.118. The third kappa shape index (κ3) is 8.41. The van der Waals surface area contributed by atoms with Gasteiger partial charge in [0.05, 0.1) is 0 Å². The van der Waals surface area contributed by atoms with Crippen LogP contribution in [-0.2, 0) is 4.79 Å². The molecule has 0 atom stereocenters. The third-order valence-electron chi connectivity index (χ3n) is 2.46. The molecular formula is C14H26O. The summed E-state index contributed by atoms with van der Waals surface area (Å²) in [6.45, 7) is 12.6. The van der Waals surface area contributed by atoms with Crippen molar-refractivity contribution >= 4 is 5.78 Å². The van der Waals surface area contributed by atoms with Crippen molar-refractivity contribution in [1.82, 2.24) is 0 Å². The minimum atomic E-state index is 0.115. The average Bonchev–Trinajstić information content (AvgIpc) is 1.97. The van der Waals surface area contributed by atoms with Gasteiger partial charge in [-0.3, -0.25) is 0 Å². The Morgan fingerprint density at radius 1 is 1.27 bits per heavy atom. The van der Waals surface area contributed by atoms with E-state index in [2.05, 4.69) is 40.7 Å². The van der Waals surface area contributed by atoms with E-state index >= 15 is 0 Å². The van der Waals surface area contributed by atoms with Crippen LogP contribution in [0.5, 0.6) is 0 Å². The van der Waals surface area contributed by atoms with Crippen molar-refractivity contribution in [2.75, 3.05) is 0 Å². The number of ketones is 1. The molecule has 88 valence electrons. The molecule has 0 aliphatic carbocycles. The molecule has 0 aromatic rings. The molecule has 0 N–H and O–H groups in total. The molecule has 0 saturated heterocycles. The maximum absolute atomic E-state index is 11.1. The number of hydrogen-bond donors (Lipinski definition) is 0. The van der Waals surface area contributed by atoms with Gasteiger partial charge in [-0.05, 0) is 38.0 Å². The van der Waals surface area contributed by atoms with E-state index in [1.807, 2.05) is 0 Å². The molecule has 0 bridgehead atoms. The second-order valence-electron chi connectivity index (χ2n) is 5.90. The summed E-state index contributed by atoms with van der Waals surface area (Å²) in [4.78, 5) is 11.1. The second kappa shape index (κ2) is 6.09. The summed E-state index contributed by atoms with van der Waals surface area (Å²) in [6.07, 6.45) is 5.14. The van der Waals surface area contributed by atoms with Crippen LogP contribution in [0.3, 0.4) is 0 Å². The highest BCUT2D eigenvalue weighted by atomic mass is 16.1. The zero-order chi connectivity index (χ0) is 12.1. The van der Waals surface area contributed by atoms with Crippen LogP contribution in [0.2, 0.25) is 0 Å². The molecule has 0 aromatic carbocycles. The maximum Gasteiger partial charge on any atom is 0.130 e. The molecule has 0 aromatic heterocycles. The molecular weight excluding hydrogens is 184 g/mol. The standard InChI is InChI=1S/C14H26O/c1-11(2)9-12(3)7-8-14(5,6)10-13(4)15/h7,11H,8-10H2,1-6H3/b12-7+. The van der Waals surface area contributed by atoms with Crippen LogP contribution in [0.15, 0.2) is 11.6 Å². The fourth-order valence-electron chi connectivity index (χ4n) is 1.92. The largest absolute Gasteiger partial charge is 0.300 e. The Hall–Kier alpha value is -0.590. The molecule has 0 fully saturated rings. The molecule has 1 nitrogen and oxygen atoms in total. The number of rotatable bonds is 6. The Bertz CT molecular complexity index is 234. The van der Waals surface area contributed by atoms with E-state index in [0.717, 1.165) is 18.8 Å². The van der Waals surface area contributed by atoms with Crippen molar-refractivity contribution in [3.63, 3.8) is 0 Å². The van der Waals surface area contributed by atoms with Gasteiger partial charge in [0.25, 0.3) is 0 Å². The number of allylic oxidation sites excluding steroid dienone is 2. The second-order valence-corrected chi connectivity index (χ2v) is 5.90. The molecule has 0 amide bonds. The Balaban J connectivity index is 4.16. The lowest BCUT2D eigenvalue weighted by Gasteiger charge is -2.21. The van der Waals surface area contributed by atoms with Crippen LogP contribution in [0, 0.1) is 11.3 Å². The first-order chi connectivity index (χ1) is 6.73. The first kappa shape index (κ1) is 14.4. The van der Waals surface area contributed by atoms with Crippen LogP contribution < -0.4 is 0 Å². The molecule has 0 saturated carbocycles. The van der Waals surface area contributed by atoms with Crippen molar-refractivity contribution < 1.29 is 4.79 Å². The van der Waals surface area contributed by atoms with Gasteiger partial charge < -0.3 is 4.79 Å². The minimum absolute atomic E-state index is 0.115. The zero-order valence-corrected chi connectivity index (χ0v) is 11.2. The summed E-state index contributed by atoms with van der Waals surface area (Å²) >= 11 is 0. The third-order valence-corrected chi connectivity index (χ3v) is 2.46. The average molecular weight is 210 g/mol. The minimum Gasteiger partial charge on any atom is -0.300 e. The van der Waals surface area contributed by atoms with Crippen molar-refractivity contribution in [1.29, 1.82) is 0 Å².